The van der Waals surface area contributed by atoms with Crippen molar-refractivity contribution in [3.8, 4) is 5.75 Å². The van der Waals surface area contributed by atoms with Crippen molar-refractivity contribution in [3.05, 3.63) is 99.1 Å². The summed E-state index contributed by atoms with van der Waals surface area (Å²) in [6, 6.07) is 19.1. The van der Waals surface area contributed by atoms with Crippen LogP contribution >= 0.6 is 11.6 Å². The zero-order chi connectivity index (χ0) is 26.8. The number of carbonyl (C=O) groups is 2. The summed E-state index contributed by atoms with van der Waals surface area (Å²) in [5.41, 5.74) is 5.11. The Hall–Kier alpha value is -3.31. The van der Waals surface area contributed by atoms with Gasteiger partial charge in [0.05, 0.1) is 5.54 Å². The van der Waals surface area contributed by atoms with Gasteiger partial charge in [-0.25, -0.2) is 0 Å². The van der Waals surface area contributed by atoms with Crippen LogP contribution in [0.5, 0.6) is 5.75 Å². The van der Waals surface area contributed by atoms with Gasteiger partial charge in [0.2, 0.25) is 0 Å². The predicted molar refractivity (Wildman–Crippen MR) is 146 cm³/mol. The van der Waals surface area contributed by atoms with Crippen LogP contribution in [0.2, 0.25) is 5.02 Å². The first-order valence-corrected chi connectivity index (χ1v) is 13.0. The van der Waals surface area contributed by atoms with E-state index in [0.717, 1.165) is 35.1 Å². The van der Waals surface area contributed by atoms with Crippen molar-refractivity contribution >= 4 is 23.5 Å². The van der Waals surface area contributed by atoms with E-state index in [-0.39, 0.29) is 30.8 Å². The lowest BCUT2D eigenvalue weighted by Crippen LogP contribution is -2.58. The van der Waals surface area contributed by atoms with E-state index < -0.39 is 11.5 Å². The van der Waals surface area contributed by atoms with Gasteiger partial charge < -0.3 is 15.2 Å². The fourth-order valence-corrected chi connectivity index (χ4v) is 5.77. The molecule has 5 nitrogen and oxygen atoms in total. The summed E-state index contributed by atoms with van der Waals surface area (Å²) in [4.78, 5) is 25.1. The van der Waals surface area contributed by atoms with Crippen LogP contribution in [0, 0.1) is 19.3 Å². The summed E-state index contributed by atoms with van der Waals surface area (Å²) in [6.45, 7) is 8.83. The monoisotopic (exact) mass is 519 g/mol. The standard InChI is InChI=1S/C31H34ClNO4/c1-20-12-21(2)14-24(13-20)31(18-30(3,4)19-31)33-29(36)27-15-22(8-9-23(27)10-11-28(34)35)17-37-26-7-5-6-25(32)16-26/h5-9,12-16H,10-11,17-19H2,1-4H3,(H,33,36)(H,34,35). The number of halogens is 1. The van der Waals surface area contributed by atoms with Crippen LogP contribution < -0.4 is 10.1 Å². The summed E-state index contributed by atoms with van der Waals surface area (Å²) < 4.78 is 5.89. The number of ether oxygens (including phenoxy) is 1. The van der Waals surface area contributed by atoms with Gasteiger partial charge in [0.1, 0.15) is 12.4 Å². The van der Waals surface area contributed by atoms with E-state index in [1.54, 1.807) is 12.1 Å². The van der Waals surface area contributed by atoms with E-state index in [1.165, 1.54) is 0 Å². The van der Waals surface area contributed by atoms with Crippen LogP contribution in [0.1, 0.15) is 71.3 Å². The Morgan fingerprint density at radius 2 is 1.70 bits per heavy atom. The third-order valence-electron chi connectivity index (χ3n) is 6.92. The molecule has 0 heterocycles. The zero-order valence-electron chi connectivity index (χ0n) is 21.9. The van der Waals surface area contributed by atoms with Gasteiger partial charge in [-0.2, -0.15) is 0 Å². The maximum absolute atomic E-state index is 13.8. The minimum Gasteiger partial charge on any atom is -0.489 e. The second-order valence-corrected chi connectivity index (χ2v) is 11.5. The number of nitrogens with one attached hydrogen (secondary N) is 1. The molecule has 0 bridgehead atoms. The Bertz CT molecular complexity index is 1300. The highest BCUT2D eigenvalue weighted by molar-refractivity contribution is 6.30. The number of hydrogen-bond donors (Lipinski definition) is 2. The van der Waals surface area contributed by atoms with Crippen LogP contribution in [0.25, 0.3) is 0 Å². The fraction of sp³-hybridized carbons (Fsp3) is 0.355. The van der Waals surface area contributed by atoms with Gasteiger partial charge >= 0.3 is 5.97 Å². The summed E-state index contributed by atoms with van der Waals surface area (Å²) in [6.07, 6.45) is 1.89. The molecule has 0 saturated heterocycles. The van der Waals surface area contributed by atoms with Gasteiger partial charge in [0, 0.05) is 17.0 Å². The Labute approximate surface area is 223 Å². The lowest BCUT2D eigenvalue weighted by atomic mass is 9.56. The van der Waals surface area contributed by atoms with E-state index in [2.05, 4.69) is 51.2 Å². The lowest BCUT2D eigenvalue weighted by molar-refractivity contribution is -0.136. The first-order chi connectivity index (χ1) is 17.4. The van der Waals surface area contributed by atoms with Crippen molar-refractivity contribution in [2.45, 2.75) is 65.5 Å². The number of benzene rings is 3. The molecule has 1 fully saturated rings. The molecule has 1 amide bonds. The van der Waals surface area contributed by atoms with E-state index >= 15 is 0 Å². The maximum atomic E-state index is 13.8. The normalized spacial score (nSPS) is 15.5. The summed E-state index contributed by atoms with van der Waals surface area (Å²) >= 11 is 6.06. The third kappa shape index (κ3) is 6.53. The molecule has 2 N–H and O–H groups in total. The smallest absolute Gasteiger partial charge is 0.303 e. The highest BCUT2D eigenvalue weighted by Crippen LogP contribution is 2.54. The molecule has 37 heavy (non-hydrogen) atoms. The molecule has 3 aromatic carbocycles. The molecule has 0 aromatic heterocycles. The van der Waals surface area contributed by atoms with Crippen molar-refractivity contribution in [1.29, 1.82) is 0 Å². The van der Waals surface area contributed by atoms with Crippen LogP contribution in [0.15, 0.2) is 60.7 Å². The number of rotatable bonds is 9. The average Bonchev–Trinajstić information content (AvgIpc) is 2.79. The highest BCUT2D eigenvalue weighted by atomic mass is 35.5. The van der Waals surface area contributed by atoms with Crippen molar-refractivity contribution < 1.29 is 19.4 Å². The quantitative estimate of drug-likeness (QED) is 0.319. The number of carbonyl (C=O) groups excluding carboxylic acids is 1. The number of amides is 1. The van der Waals surface area contributed by atoms with Gasteiger partial charge in [-0.05, 0) is 79.5 Å². The second kappa shape index (κ2) is 10.6. The molecular weight excluding hydrogens is 486 g/mol. The lowest BCUT2D eigenvalue weighted by Gasteiger charge is -2.54. The van der Waals surface area contributed by atoms with Crippen LogP contribution in [0.4, 0.5) is 0 Å². The molecular formula is C31H34ClNO4. The minimum absolute atomic E-state index is 0.0477. The van der Waals surface area contributed by atoms with Gasteiger partial charge in [-0.1, -0.05) is 73.0 Å². The Morgan fingerprint density at radius 3 is 2.32 bits per heavy atom. The average molecular weight is 520 g/mol. The summed E-state index contributed by atoms with van der Waals surface area (Å²) in [7, 11) is 0. The Balaban J connectivity index is 1.63. The number of aryl methyl sites for hydroxylation is 3. The molecule has 0 radical (unpaired) electrons. The number of carboxylic acid groups (broad SMARTS) is 1. The molecule has 1 aliphatic carbocycles. The molecule has 0 spiro atoms. The summed E-state index contributed by atoms with van der Waals surface area (Å²) in [5.74, 6) is -0.453. The number of aliphatic carboxylic acids is 1. The largest absolute Gasteiger partial charge is 0.489 e. The molecule has 0 atom stereocenters. The van der Waals surface area contributed by atoms with Crippen molar-refractivity contribution in [1.82, 2.24) is 5.32 Å². The maximum Gasteiger partial charge on any atom is 0.303 e. The molecule has 1 aliphatic rings. The molecule has 3 aromatic rings. The zero-order valence-corrected chi connectivity index (χ0v) is 22.6. The van der Waals surface area contributed by atoms with Crippen molar-refractivity contribution in [3.63, 3.8) is 0 Å². The minimum atomic E-state index is -0.896. The molecule has 1 saturated carbocycles. The fourth-order valence-electron chi connectivity index (χ4n) is 5.59. The first kappa shape index (κ1) is 26.7. The number of hydrogen-bond acceptors (Lipinski definition) is 3. The van der Waals surface area contributed by atoms with Gasteiger partial charge in [0.25, 0.3) is 5.91 Å². The van der Waals surface area contributed by atoms with Crippen molar-refractivity contribution in [2.24, 2.45) is 5.41 Å². The molecule has 194 valence electrons. The van der Waals surface area contributed by atoms with E-state index in [9.17, 15) is 14.7 Å². The van der Waals surface area contributed by atoms with E-state index in [1.807, 2.05) is 30.3 Å². The number of carboxylic acids is 1. The van der Waals surface area contributed by atoms with E-state index in [4.69, 9.17) is 16.3 Å². The topological polar surface area (TPSA) is 75.6 Å². The third-order valence-corrected chi connectivity index (χ3v) is 7.15. The highest BCUT2D eigenvalue weighted by Gasteiger charge is 2.51. The predicted octanol–water partition coefficient (Wildman–Crippen LogP) is 7.00. The van der Waals surface area contributed by atoms with Crippen molar-refractivity contribution in [2.75, 3.05) is 0 Å². The second-order valence-electron chi connectivity index (χ2n) is 11.1. The van der Waals surface area contributed by atoms with E-state index in [0.29, 0.717) is 21.9 Å². The molecule has 4 rings (SSSR count). The summed E-state index contributed by atoms with van der Waals surface area (Å²) in [5, 5.41) is 13.2. The Morgan fingerprint density at radius 1 is 1.00 bits per heavy atom. The van der Waals surface area contributed by atoms with Gasteiger partial charge in [0.15, 0.2) is 0 Å². The van der Waals surface area contributed by atoms with Crippen LogP contribution in [-0.2, 0) is 23.4 Å². The van der Waals surface area contributed by atoms with Crippen LogP contribution in [-0.4, -0.2) is 17.0 Å². The molecule has 0 aliphatic heterocycles. The van der Waals surface area contributed by atoms with Gasteiger partial charge in [-0.15, -0.1) is 0 Å². The first-order valence-electron chi connectivity index (χ1n) is 12.6. The SMILES string of the molecule is Cc1cc(C)cc(C2(NC(=O)c3cc(COc4cccc(Cl)c4)ccc3CCC(=O)O)CC(C)(C)C2)c1. The molecule has 6 heteroatoms. The molecule has 0 unspecified atom stereocenters. The van der Waals surface area contributed by atoms with Crippen LogP contribution in [0.3, 0.4) is 0 Å². The van der Waals surface area contributed by atoms with Gasteiger partial charge in [-0.3, -0.25) is 9.59 Å². The Kier molecular flexibility index (Phi) is 7.65.